The van der Waals surface area contributed by atoms with Gasteiger partial charge < -0.3 is 9.64 Å². The summed E-state index contributed by atoms with van der Waals surface area (Å²) in [5.74, 6) is 1.21. The van der Waals surface area contributed by atoms with Gasteiger partial charge in [-0.2, -0.15) is 0 Å². The maximum atomic E-state index is 13.2. The first-order chi connectivity index (χ1) is 12.2. The molecule has 2 heterocycles. The molecule has 0 unspecified atom stereocenters. The van der Waals surface area contributed by atoms with Gasteiger partial charge in [0, 0.05) is 17.7 Å². The smallest absolute Gasteiger partial charge is 0.258 e. The average Bonchev–Trinajstić information content (AvgIpc) is 3.17. The lowest BCUT2D eigenvalue weighted by Gasteiger charge is -2.39. The van der Waals surface area contributed by atoms with Crippen molar-refractivity contribution in [3.8, 4) is 5.75 Å². The van der Waals surface area contributed by atoms with Crippen molar-refractivity contribution in [2.45, 2.75) is 51.9 Å². The number of hydrogen-bond acceptors (Lipinski definition) is 2. The second-order valence-electron chi connectivity index (χ2n) is 8.97. The summed E-state index contributed by atoms with van der Waals surface area (Å²) in [5.41, 5.74) is 4.27. The van der Waals surface area contributed by atoms with Gasteiger partial charge in [-0.05, 0) is 39.6 Å². The van der Waals surface area contributed by atoms with E-state index >= 15 is 0 Å². The van der Waals surface area contributed by atoms with Crippen LogP contribution in [0.15, 0.2) is 36.4 Å². The van der Waals surface area contributed by atoms with E-state index in [4.69, 9.17) is 4.74 Å². The van der Waals surface area contributed by atoms with E-state index in [-0.39, 0.29) is 10.9 Å². The van der Waals surface area contributed by atoms with Crippen molar-refractivity contribution in [2.24, 2.45) is 0 Å². The van der Waals surface area contributed by atoms with Crippen LogP contribution in [0.4, 0.5) is 5.69 Å². The Bertz CT molecular complexity index is 881. The molecule has 2 aromatic carbocycles. The van der Waals surface area contributed by atoms with Crippen LogP contribution in [-0.4, -0.2) is 20.6 Å². The first-order valence-corrected chi connectivity index (χ1v) is 12.4. The van der Waals surface area contributed by atoms with Gasteiger partial charge in [0.2, 0.25) is 0 Å². The van der Waals surface area contributed by atoms with Gasteiger partial charge in [0.15, 0.2) is 0 Å². The van der Waals surface area contributed by atoms with E-state index in [1.165, 1.54) is 16.3 Å². The summed E-state index contributed by atoms with van der Waals surface area (Å²) in [5, 5.41) is 1.55. The minimum atomic E-state index is -1.86. The quantitative estimate of drug-likeness (QED) is 0.734. The number of benzene rings is 2. The fourth-order valence-electron chi connectivity index (χ4n) is 3.96. The highest BCUT2D eigenvalue weighted by molar-refractivity contribution is 6.93. The van der Waals surface area contributed by atoms with Gasteiger partial charge >= 0.3 is 0 Å². The highest BCUT2D eigenvalue weighted by Crippen LogP contribution is 2.42. The van der Waals surface area contributed by atoms with Crippen molar-refractivity contribution in [3.05, 3.63) is 53.1 Å². The number of rotatable bonds is 2. The van der Waals surface area contributed by atoms with Crippen molar-refractivity contribution >= 4 is 24.9 Å². The largest absolute Gasteiger partial charge is 0.493 e. The molecular formula is C22H27NO2Si. The van der Waals surface area contributed by atoms with Gasteiger partial charge in [-0.15, -0.1) is 0 Å². The first kappa shape index (κ1) is 17.3. The lowest BCUT2D eigenvalue weighted by molar-refractivity contribution is 0.0996. The summed E-state index contributed by atoms with van der Waals surface area (Å²) in [6.07, 6.45) is 0.906. The molecule has 3 nitrogen and oxygen atoms in total. The Morgan fingerprint density at radius 1 is 1.12 bits per heavy atom. The predicted molar refractivity (Wildman–Crippen MR) is 109 cm³/mol. The Kier molecular flexibility index (Phi) is 3.81. The molecule has 0 atom stereocenters. The molecule has 0 aromatic heterocycles. The Hall–Kier alpha value is -2.07. The number of fused-ring (bicyclic) bond motifs is 2. The summed E-state index contributed by atoms with van der Waals surface area (Å²) in [4.78, 5) is 15.1. The molecule has 0 aliphatic carbocycles. The molecule has 2 aliphatic rings. The fraction of sp³-hybridized carbons (Fsp3) is 0.409. The third kappa shape index (κ3) is 2.43. The van der Waals surface area contributed by atoms with Gasteiger partial charge in [0.05, 0.1) is 21.2 Å². The molecular weight excluding hydrogens is 338 g/mol. The van der Waals surface area contributed by atoms with E-state index < -0.39 is 8.07 Å². The summed E-state index contributed by atoms with van der Waals surface area (Å²) in [6, 6.07) is 12.1. The monoisotopic (exact) mass is 365 g/mol. The maximum Gasteiger partial charge on any atom is 0.258 e. The van der Waals surface area contributed by atoms with Gasteiger partial charge in [0.25, 0.3) is 5.91 Å². The first-order valence-electron chi connectivity index (χ1n) is 9.41. The molecule has 0 bridgehead atoms. The predicted octanol–water partition coefficient (Wildman–Crippen LogP) is 4.50. The number of anilines is 1. The third-order valence-electron chi connectivity index (χ3n) is 6.44. The second kappa shape index (κ2) is 5.71. The Balaban J connectivity index is 1.91. The standard InChI is InChI=1S/C22H27NO2Si/c1-22(2,3)26(4,5)20-18-14-23(16-9-7-6-8-10-16)21(24)17(18)13-15-11-12-25-19(15)20/h6-10,13H,11-12,14H2,1-5H3. The van der Waals surface area contributed by atoms with E-state index in [0.29, 0.717) is 6.54 Å². The summed E-state index contributed by atoms with van der Waals surface area (Å²) >= 11 is 0. The van der Waals surface area contributed by atoms with E-state index in [9.17, 15) is 4.79 Å². The number of hydrogen-bond donors (Lipinski definition) is 0. The lowest BCUT2D eigenvalue weighted by Crippen LogP contribution is -2.51. The van der Waals surface area contributed by atoms with Crippen molar-refractivity contribution in [1.82, 2.24) is 0 Å². The lowest BCUT2D eigenvalue weighted by atomic mass is 10.0. The third-order valence-corrected chi connectivity index (χ3v) is 12.0. The van der Waals surface area contributed by atoms with Crippen LogP contribution in [0.2, 0.25) is 18.1 Å². The molecule has 0 N–H and O–H groups in total. The number of nitrogens with zero attached hydrogens (tertiary/aromatic N) is 1. The molecule has 4 heteroatoms. The molecule has 4 rings (SSSR count). The van der Waals surface area contributed by atoms with Crippen LogP contribution < -0.4 is 14.8 Å². The number of amides is 1. The van der Waals surface area contributed by atoms with Crippen LogP contribution >= 0.6 is 0 Å². The minimum absolute atomic E-state index is 0.126. The number of carbonyl (C=O) groups is 1. The van der Waals surface area contributed by atoms with E-state index in [1.54, 1.807) is 0 Å². The van der Waals surface area contributed by atoms with E-state index in [0.717, 1.165) is 30.0 Å². The molecule has 0 spiro atoms. The van der Waals surface area contributed by atoms with E-state index in [2.05, 4.69) is 39.9 Å². The molecule has 0 saturated heterocycles. The van der Waals surface area contributed by atoms with Crippen LogP contribution in [0.5, 0.6) is 5.75 Å². The molecule has 136 valence electrons. The Labute approximate surface area is 157 Å². The van der Waals surface area contributed by atoms with Crippen molar-refractivity contribution in [3.63, 3.8) is 0 Å². The minimum Gasteiger partial charge on any atom is -0.493 e. The molecule has 0 saturated carbocycles. The highest BCUT2D eigenvalue weighted by Gasteiger charge is 2.45. The fourth-order valence-corrected chi connectivity index (χ4v) is 6.47. The molecule has 2 aromatic rings. The average molecular weight is 366 g/mol. The zero-order valence-corrected chi connectivity index (χ0v) is 17.3. The molecule has 0 radical (unpaired) electrons. The molecule has 2 aliphatic heterocycles. The molecule has 26 heavy (non-hydrogen) atoms. The van der Waals surface area contributed by atoms with Gasteiger partial charge in [-0.25, -0.2) is 0 Å². The summed E-state index contributed by atoms with van der Waals surface area (Å²) in [7, 11) is -1.86. The Morgan fingerprint density at radius 3 is 2.46 bits per heavy atom. The summed E-state index contributed by atoms with van der Waals surface area (Å²) < 4.78 is 6.12. The summed E-state index contributed by atoms with van der Waals surface area (Å²) in [6.45, 7) is 13.2. The normalized spacial score (nSPS) is 16.5. The Morgan fingerprint density at radius 2 is 1.81 bits per heavy atom. The topological polar surface area (TPSA) is 29.5 Å². The van der Waals surface area contributed by atoms with E-state index in [1.807, 2.05) is 35.2 Å². The maximum absolute atomic E-state index is 13.2. The second-order valence-corrected chi connectivity index (χ2v) is 14.2. The van der Waals surface area contributed by atoms with Crippen LogP contribution in [0.3, 0.4) is 0 Å². The number of ether oxygens (including phenoxy) is 1. The molecule has 0 fully saturated rings. The van der Waals surface area contributed by atoms with Crippen molar-refractivity contribution in [1.29, 1.82) is 0 Å². The van der Waals surface area contributed by atoms with Gasteiger partial charge in [-0.1, -0.05) is 52.1 Å². The zero-order chi connectivity index (χ0) is 18.7. The van der Waals surface area contributed by atoms with Crippen molar-refractivity contribution in [2.75, 3.05) is 11.5 Å². The highest BCUT2D eigenvalue weighted by atomic mass is 28.3. The van der Waals surface area contributed by atoms with Crippen LogP contribution in [-0.2, 0) is 13.0 Å². The number of para-hydroxylation sites is 1. The van der Waals surface area contributed by atoms with Crippen LogP contribution in [0.1, 0.15) is 42.3 Å². The molecule has 1 amide bonds. The van der Waals surface area contributed by atoms with Crippen LogP contribution in [0.25, 0.3) is 0 Å². The van der Waals surface area contributed by atoms with Crippen LogP contribution in [0, 0.1) is 0 Å². The SMILES string of the molecule is CC(C)(C)[Si](C)(C)c1c2c(cc3c1OCC3)C(=O)N(c1ccccc1)C2. The van der Waals surface area contributed by atoms with Gasteiger partial charge in [-0.3, -0.25) is 4.79 Å². The van der Waals surface area contributed by atoms with Gasteiger partial charge in [0.1, 0.15) is 5.75 Å². The van der Waals surface area contributed by atoms with Crippen molar-refractivity contribution < 1.29 is 9.53 Å². The zero-order valence-electron chi connectivity index (χ0n) is 16.3. The number of carbonyl (C=O) groups excluding carboxylic acids is 1.